The molecule has 0 spiro atoms. The lowest BCUT2D eigenvalue weighted by molar-refractivity contribution is -0.130. The lowest BCUT2D eigenvalue weighted by Crippen LogP contribution is -2.49. The van der Waals surface area contributed by atoms with Crippen LogP contribution in [0, 0.1) is 11.3 Å². The van der Waals surface area contributed by atoms with Gasteiger partial charge in [-0.25, -0.2) is 9.97 Å². The smallest absolute Gasteiger partial charge is 0.219 e. The number of nitrogens with zero attached hydrogens (tertiary/aromatic N) is 5. The third-order valence-electron chi connectivity index (χ3n) is 3.34. The Kier molecular flexibility index (Phi) is 4.85. The van der Waals surface area contributed by atoms with Crippen molar-refractivity contribution in [3.05, 3.63) is 18.1 Å². The van der Waals surface area contributed by atoms with E-state index >= 15 is 0 Å². The fourth-order valence-electron chi connectivity index (χ4n) is 2.17. The van der Waals surface area contributed by atoms with Gasteiger partial charge < -0.3 is 10.2 Å². The van der Waals surface area contributed by atoms with Crippen molar-refractivity contribution in [1.82, 2.24) is 19.8 Å². The van der Waals surface area contributed by atoms with Gasteiger partial charge >= 0.3 is 0 Å². The zero-order chi connectivity index (χ0) is 14.4. The Morgan fingerprint density at radius 3 is 2.70 bits per heavy atom. The predicted molar refractivity (Wildman–Crippen MR) is 73.9 cm³/mol. The van der Waals surface area contributed by atoms with E-state index in [4.69, 9.17) is 5.26 Å². The molecule has 0 unspecified atom stereocenters. The van der Waals surface area contributed by atoms with Gasteiger partial charge in [-0.15, -0.1) is 0 Å². The second kappa shape index (κ2) is 6.82. The molecule has 1 aromatic heterocycles. The Labute approximate surface area is 118 Å². The first-order valence-corrected chi connectivity index (χ1v) is 6.63. The molecule has 1 N–H and O–H groups in total. The minimum Gasteiger partial charge on any atom is -0.366 e. The number of amides is 1. The molecule has 1 aromatic rings. The van der Waals surface area contributed by atoms with Crippen molar-refractivity contribution in [2.45, 2.75) is 6.92 Å². The normalized spacial score (nSPS) is 15.7. The summed E-state index contributed by atoms with van der Waals surface area (Å²) in [5.74, 6) is 0.665. The van der Waals surface area contributed by atoms with Crippen LogP contribution in [0.4, 0.5) is 5.82 Å². The van der Waals surface area contributed by atoms with E-state index in [9.17, 15) is 4.79 Å². The number of nitrogens with one attached hydrogen (secondary N) is 1. The maximum Gasteiger partial charge on any atom is 0.219 e. The molecule has 0 radical (unpaired) electrons. The van der Waals surface area contributed by atoms with Gasteiger partial charge in [0.05, 0.1) is 0 Å². The monoisotopic (exact) mass is 274 g/mol. The number of piperazine rings is 1. The number of rotatable bonds is 4. The molecule has 0 atom stereocenters. The van der Waals surface area contributed by atoms with Crippen LogP contribution in [0.5, 0.6) is 0 Å². The van der Waals surface area contributed by atoms with Crippen molar-refractivity contribution in [3.63, 3.8) is 0 Å². The Hall–Kier alpha value is -2.20. The molecule has 1 aliphatic heterocycles. The van der Waals surface area contributed by atoms with Crippen LogP contribution in [0.2, 0.25) is 0 Å². The summed E-state index contributed by atoms with van der Waals surface area (Å²) in [5, 5.41) is 12.0. The highest BCUT2D eigenvalue weighted by Crippen LogP contribution is 2.06. The van der Waals surface area contributed by atoms with E-state index in [-0.39, 0.29) is 5.91 Å². The summed E-state index contributed by atoms with van der Waals surface area (Å²) in [6.45, 7) is 6.49. The first kappa shape index (κ1) is 14.2. The van der Waals surface area contributed by atoms with Gasteiger partial charge in [0.1, 0.15) is 6.07 Å². The fourth-order valence-corrected chi connectivity index (χ4v) is 2.17. The summed E-state index contributed by atoms with van der Waals surface area (Å²) in [4.78, 5) is 23.4. The second-order valence-electron chi connectivity index (χ2n) is 4.64. The summed E-state index contributed by atoms with van der Waals surface area (Å²) in [7, 11) is 0. The highest BCUT2D eigenvalue weighted by molar-refractivity contribution is 5.73. The molecule has 0 aliphatic carbocycles. The summed E-state index contributed by atoms with van der Waals surface area (Å²) in [6.07, 6.45) is 3.07. The predicted octanol–water partition coefficient (Wildman–Crippen LogP) is -0.0757. The van der Waals surface area contributed by atoms with Gasteiger partial charge in [-0.05, 0) is 0 Å². The van der Waals surface area contributed by atoms with Gasteiger partial charge in [0, 0.05) is 58.6 Å². The summed E-state index contributed by atoms with van der Waals surface area (Å²) >= 11 is 0. The number of hydrogen-bond donors (Lipinski definition) is 1. The van der Waals surface area contributed by atoms with E-state index in [1.807, 2.05) is 11.0 Å². The Bertz CT molecular complexity index is 504. The van der Waals surface area contributed by atoms with Crippen molar-refractivity contribution in [2.75, 3.05) is 44.6 Å². The van der Waals surface area contributed by atoms with E-state index in [1.165, 1.54) is 6.20 Å². The van der Waals surface area contributed by atoms with Gasteiger partial charge in [-0.2, -0.15) is 5.26 Å². The molecule has 2 heterocycles. The molecule has 0 aromatic carbocycles. The van der Waals surface area contributed by atoms with E-state index in [2.05, 4.69) is 20.2 Å². The molecule has 0 bridgehead atoms. The molecule has 1 fully saturated rings. The SMILES string of the molecule is CC(=O)N1CCN(CCNc2nccnc2C#N)CC1. The van der Waals surface area contributed by atoms with Gasteiger partial charge in [0.15, 0.2) is 11.5 Å². The quantitative estimate of drug-likeness (QED) is 0.827. The van der Waals surface area contributed by atoms with Crippen LogP contribution < -0.4 is 5.32 Å². The largest absolute Gasteiger partial charge is 0.366 e. The molecule has 20 heavy (non-hydrogen) atoms. The number of carbonyl (C=O) groups is 1. The number of hydrogen-bond acceptors (Lipinski definition) is 6. The van der Waals surface area contributed by atoms with Crippen molar-refractivity contribution in [1.29, 1.82) is 5.26 Å². The first-order chi connectivity index (χ1) is 9.70. The highest BCUT2D eigenvalue weighted by Gasteiger charge is 2.17. The van der Waals surface area contributed by atoms with E-state index < -0.39 is 0 Å². The topological polar surface area (TPSA) is 85.2 Å². The molecule has 7 heteroatoms. The molecule has 1 amide bonds. The van der Waals surface area contributed by atoms with Gasteiger partial charge in [0.2, 0.25) is 5.91 Å². The van der Waals surface area contributed by atoms with E-state index in [0.29, 0.717) is 18.1 Å². The van der Waals surface area contributed by atoms with Crippen molar-refractivity contribution in [2.24, 2.45) is 0 Å². The molecular weight excluding hydrogens is 256 g/mol. The molecule has 2 rings (SSSR count). The molecule has 1 aliphatic rings. The lowest BCUT2D eigenvalue weighted by Gasteiger charge is -2.34. The summed E-state index contributed by atoms with van der Waals surface area (Å²) in [6, 6.07) is 2.01. The van der Waals surface area contributed by atoms with Crippen molar-refractivity contribution >= 4 is 11.7 Å². The maximum atomic E-state index is 11.2. The number of nitriles is 1. The standard InChI is InChI=1S/C13H18N6O/c1-11(20)19-8-6-18(7-9-19)5-4-17-13-12(10-14)15-2-3-16-13/h2-3H,4-9H2,1H3,(H,16,17). The minimum absolute atomic E-state index is 0.140. The van der Waals surface area contributed by atoms with Crippen LogP contribution in [0.15, 0.2) is 12.4 Å². The van der Waals surface area contributed by atoms with E-state index in [0.717, 1.165) is 32.7 Å². The van der Waals surface area contributed by atoms with Crippen LogP contribution in [0.3, 0.4) is 0 Å². The first-order valence-electron chi connectivity index (χ1n) is 6.63. The average molecular weight is 274 g/mol. The number of aromatic nitrogens is 2. The Morgan fingerprint density at radius 2 is 2.05 bits per heavy atom. The Balaban J connectivity index is 1.75. The van der Waals surface area contributed by atoms with Crippen LogP contribution >= 0.6 is 0 Å². The molecule has 1 saturated heterocycles. The van der Waals surface area contributed by atoms with Crippen molar-refractivity contribution < 1.29 is 4.79 Å². The van der Waals surface area contributed by atoms with Crippen molar-refractivity contribution in [3.8, 4) is 6.07 Å². The van der Waals surface area contributed by atoms with E-state index in [1.54, 1.807) is 13.1 Å². The number of carbonyl (C=O) groups excluding carboxylic acids is 1. The van der Waals surface area contributed by atoms with Gasteiger partial charge in [-0.3, -0.25) is 9.69 Å². The number of anilines is 1. The van der Waals surface area contributed by atoms with Gasteiger partial charge in [-0.1, -0.05) is 0 Å². The Morgan fingerprint density at radius 1 is 1.35 bits per heavy atom. The van der Waals surface area contributed by atoms with Crippen LogP contribution in [-0.2, 0) is 4.79 Å². The second-order valence-corrected chi connectivity index (χ2v) is 4.64. The highest BCUT2D eigenvalue weighted by atomic mass is 16.2. The zero-order valence-electron chi connectivity index (χ0n) is 11.5. The third-order valence-corrected chi connectivity index (χ3v) is 3.34. The third kappa shape index (κ3) is 3.65. The molecule has 106 valence electrons. The summed E-state index contributed by atoms with van der Waals surface area (Å²) < 4.78 is 0. The van der Waals surface area contributed by atoms with Gasteiger partial charge in [0.25, 0.3) is 0 Å². The average Bonchev–Trinajstić information content (AvgIpc) is 2.48. The molecule has 0 saturated carbocycles. The fraction of sp³-hybridized carbons (Fsp3) is 0.538. The zero-order valence-corrected chi connectivity index (χ0v) is 11.5. The van der Waals surface area contributed by atoms with Crippen LogP contribution in [0.1, 0.15) is 12.6 Å². The molecule has 7 nitrogen and oxygen atoms in total. The maximum absolute atomic E-state index is 11.2. The minimum atomic E-state index is 0.140. The van der Waals surface area contributed by atoms with Crippen LogP contribution in [-0.4, -0.2) is 64.9 Å². The lowest BCUT2D eigenvalue weighted by atomic mass is 10.3. The van der Waals surface area contributed by atoms with Crippen LogP contribution in [0.25, 0.3) is 0 Å². The molecular formula is C13H18N6O. The summed E-state index contributed by atoms with van der Waals surface area (Å²) in [5.41, 5.74) is 0.314.